The fraction of sp³-hybridized carbons (Fsp3) is 0.318. The van der Waals surface area contributed by atoms with E-state index in [1.165, 1.54) is 0 Å². The molecule has 3 aliphatic rings. The molecule has 1 atom stereocenters. The molecule has 29 heavy (non-hydrogen) atoms. The number of rotatable bonds is 3. The zero-order valence-electron chi connectivity index (χ0n) is 15.9. The molecule has 7 heteroatoms. The number of anilines is 3. The number of benzene rings is 2. The Hall–Kier alpha value is -3.35. The van der Waals surface area contributed by atoms with Gasteiger partial charge in [0.1, 0.15) is 6.04 Å². The molecule has 5 rings (SSSR count). The van der Waals surface area contributed by atoms with E-state index in [-0.39, 0.29) is 24.5 Å². The molecule has 0 unspecified atom stereocenters. The molecular weight excluding hydrogens is 370 g/mol. The number of fused-ring (bicyclic) bond motifs is 4. The van der Waals surface area contributed by atoms with Crippen LogP contribution in [0.1, 0.15) is 28.8 Å². The molecule has 7 nitrogen and oxygen atoms in total. The van der Waals surface area contributed by atoms with Gasteiger partial charge in [-0.1, -0.05) is 18.2 Å². The number of para-hydroxylation sites is 1. The molecule has 2 amide bonds. The number of hydrogen-bond donors (Lipinski definition) is 1. The van der Waals surface area contributed by atoms with Gasteiger partial charge in [-0.3, -0.25) is 9.59 Å². The van der Waals surface area contributed by atoms with Gasteiger partial charge in [0, 0.05) is 18.8 Å². The summed E-state index contributed by atoms with van der Waals surface area (Å²) in [7, 11) is 0. The Balaban J connectivity index is 1.27. The number of esters is 1. The highest BCUT2D eigenvalue weighted by Crippen LogP contribution is 2.37. The van der Waals surface area contributed by atoms with Gasteiger partial charge in [-0.05, 0) is 49.1 Å². The molecule has 1 saturated heterocycles. The molecule has 1 fully saturated rings. The Morgan fingerprint density at radius 2 is 1.97 bits per heavy atom. The zero-order chi connectivity index (χ0) is 20.0. The van der Waals surface area contributed by atoms with Crippen molar-refractivity contribution in [2.24, 2.45) is 0 Å². The predicted molar refractivity (Wildman–Crippen MR) is 108 cm³/mol. The fourth-order valence-electron chi connectivity index (χ4n) is 4.44. The molecule has 3 heterocycles. The Bertz CT molecular complexity index is 1020. The Morgan fingerprint density at radius 1 is 1.10 bits per heavy atom. The van der Waals surface area contributed by atoms with Crippen LogP contribution < -0.4 is 15.1 Å². The van der Waals surface area contributed by atoms with E-state index in [1.54, 1.807) is 17.0 Å². The van der Waals surface area contributed by atoms with E-state index in [1.807, 2.05) is 30.3 Å². The largest absolute Gasteiger partial charge is 0.452 e. The van der Waals surface area contributed by atoms with E-state index < -0.39 is 5.97 Å². The van der Waals surface area contributed by atoms with Crippen molar-refractivity contribution in [1.82, 2.24) is 0 Å². The average molecular weight is 391 g/mol. The van der Waals surface area contributed by atoms with Crippen molar-refractivity contribution >= 4 is 34.8 Å². The molecule has 148 valence electrons. The molecule has 0 bridgehead atoms. The molecule has 0 aliphatic carbocycles. The lowest BCUT2D eigenvalue weighted by molar-refractivity contribution is -0.121. The number of amides is 2. The molecule has 0 spiro atoms. The first kappa shape index (κ1) is 17.7. The number of carbonyl (C=O) groups excluding carboxylic acids is 3. The summed E-state index contributed by atoms with van der Waals surface area (Å²) in [6, 6.07) is 12.8. The fourth-order valence-corrected chi connectivity index (χ4v) is 4.44. The number of ether oxygens (including phenoxy) is 1. The summed E-state index contributed by atoms with van der Waals surface area (Å²) in [4.78, 5) is 41.0. The normalized spacial score (nSPS) is 19.3. The summed E-state index contributed by atoms with van der Waals surface area (Å²) in [5.41, 5.74) is 3.86. The average Bonchev–Trinajstić information content (AvgIpc) is 3.39. The maximum Gasteiger partial charge on any atom is 0.338 e. The van der Waals surface area contributed by atoms with Gasteiger partial charge in [-0.15, -0.1) is 0 Å². The van der Waals surface area contributed by atoms with E-state index in [0.29, 0.717) is 17.8 Å². The van der Waals surface area contributed by atoms with Crippen LogP contribution in [0.2, 0.25) is 0 Å². The minimum absolute atomic E-state index is 0.0385. The third-order valence-electron chi connectivity index (χ3n) is 5.87. The highest BCUT2D eigenvalue weighted by molar-refractivity contribution is 6.06. The second-order valence-corrected chi connectivity index (χ2v) is 7.57. The third kappa shape index (κ3) is 3.03. The maximum atomic E-state index is 12.5. The smallest absolute Gasteiger partial charge is 0.338 e. The quantitative estimate of drug-likeness (QED) is 0.813. The zero-order valence-corrected chi connectivity index (χ0v) is 15.9. The van der Waals surface area contributed by atoms with Gasteiger partial charge < -0.3 is 19.9 Å². The molecule has 3 aliphatic heterocycles. The van der Waals surface area contributed by atoms with Crippen molar-refractivity contribution in [3.05, 3.63) is 53.6 Å². The van der Waals surface area contributed by atoms with Crippen LogP contribution in [0.15, 0.2) is 42.5 Å². The standard InChI is InChI=1S/C22H21N3O4/c26-20(25-11-9-14-4-1-2-5-17(14)25)13-29-22(28)15-7-8-18-16(12-15)23-21(27)19-6-3-10-24(18)19/h1-2,4-5,7-8,12,19H,3,6,9-11,13H2,(H,23,27)/t19-/m0/s1. The van der Waals surface area contributed by atoms with Crippen LogP contribution in [-0.2, 0) is 20.7 Å². The van der Waals surface area contributed by atoms with Gasteiger partial charge in [-0.25, -0.2) is 4.79 Å². The van der Waals surface area contributed by atoms with Crippen LogP contribution in [-0.4, -0.2) is 43.5 Å². The predicted octanol–water partition coefficient (Wildman–Crippen LogP) is 2.35. The highest BCUT2D eigenvalue weighted by Gasteiger charge is 2.36. The minimum Gasteiger partial charge on any atom is -0.452 e. The lowest BCUT2D eigenvalue weighted by Crippen LogP contribution is -2.43. The summed E-state index contributed by atoms with van der Waals surface area (Å²) in [6.45, 7) is 1.11. The molecule has 2 aromatic rings. The van der Waals surface area contributed by atoms with Gasteiger partial charge in [0.15, 0.2) is 6.61 Å². The molecule has 2 aromatic carbocycles. The maximum absolute atomic E-state index is 12.5. The second kappa shape index (κ2) is 6.92. The Kier molecular flexibility index (Phi) is 4.23. The molecule has 0 radical (unpaired) electrons. The monoisotopic (exact) mass is 391 g/mol. The van der Waals surface area contributed by atoms with Gasteiger partial charge in [-0.2, -0.15) is 0 Å². The van der Waals surface area contributed by atoms with E-state index in [4.69, 9.17) is 4.74 Å². The lowest BCUT2D eigenvalue weighted by atomic mass is 10.1. The van der Waals surface area contributed by atoms with Crippen LogP contribution >= 0.6 is 0 Å². The molecule has 0 aromatic heterocycles. The topological polar surface area (TPSA) is 79.0 Å². The summed E-state index contributed by atoms with van der Waals surface area (Å²) in [5.74, 6) is -0.857. The first-order valence-electron chi connectivity index (χ1n) is 9.89. The lowest BCUT2D eigenvalue weighted by Gasteiger charge is -2.33. The van der Waals surface area contributed by atoms with Crippen molar-refractivity contribution < 1.29 is 19.1 Å². The molecule has 0 saturated carbocycles. The van der Waals surface area contributed by atoms with Crippen molar-refractivity contribution in [3.63, 3.8) is 0 Å². The van der Waals surface area contributed by atoms with Crippen LogP contribution in [0, 0.1) is 0 Å². The van der Waals surface area contributed by atoms with Crippen LogP contribution in [0.3, 0.4) is 0 Å². The Labute approximate surface area is 168 Å². The Morgan fingerprint density at radius 3 is 2.86 bits per heavy atom. The highest BCUT2D eigenvalue weighted by atomic mass is 16.5. The first-order chi connectivity index (χ1) is 14.1. The van der Waals surface area contributed by atoms with E-state index >= 15 is 0 Å². The number of nitrogens with zero attached hydrogens (tertiary/aromatic N) is 2. The molecular formula is C22H21N3O4. The second-order valence-electron chi connectivity index (χ2n) is 7.57. The number of nitrogens with one attached hydrogen (secondary N) is 1. The van der Waals surface area contributed by atoms with E-state index in [9.17, 15) is 14.4 Å². The summed E-state index contributed by atoms with van der Waals surface area (Å²) in [5, 5.41) is 2.88. The van der Waals surface area contributed by atoms with Gasteiger partial charge in [0.25, 0.3) is 5.91 Å². The van der Waals surface area contributed by atoms with Crippen molar-refractivity contribution in [2.75, 3.05) is 34.8 Å². The number of carbonyl (C=O) groups is 3. The van der Waals surface area contributed by atoms with E-state index in [2.05, 4.69) is 10.2 Å². The van der Waals surface area contributed by atoms with Gasteiger partial charge >= 0.3 is 5.97 Å². The van der Waals surface area contributed by atoms with Crippen LogP contribution in [0.25, 0.3) is 0 Å². The van der Waals surface area contributed by atoms with Crippen molar-refractivity contribution in [1.29, 1.82) is 0 Å². The summed E-state index contributed by atoms with van der Waals surface area (Å²) < 4.78 is 5.27. The van der Waals surface area contributed by atoms with E-state index in [0.717, 1.165) is 42.7 Å². The van der Waals surface area contributed by atoms with Crippen molar-refractivity contribution in [3.8, 4) is 0 Å². The van der Waals surface area contributed by atoms with Crippen molar-refractivity contribution in [2.45, 2.75) is 25.3 Å². The van der Waals surface area contributed by atoms with Crippen LogP contribution in [0.5, 0.6) is 0 Å². The van der Waals surface area contributed by atoms with Gasteiger partial charge in [0.2, 0.25) is 5.91 Å². The summed E-state index contributed by atoms with van der Waals surface area (Å²) >= 11 is 0. The first-order valence-corrected chi connectivity index (χ1v) is 9.89. The van der Waals surface area contributed by atoms with Gasteiger partial charge in [0.05, 0.1) is 16.9 Å². The summed E-state index contributed by atoms with van der Waals surface area (Å²) in [6.07, 6.45) is 2.62. The SMILES string of the molecule is O=C(OCC(=O)N1CCc2ccccc21)c1ccc2c(c1)NC(=O)[C@@H]1CCCN21. The van der Waals surface area contributed by atoms with Crippen LogP contribution in [0.4, 0.5) is 17.1 Å². The number of hydrogen-bond acceptors (Lipinski definition) is 5. The minimum atomic E-state index is -0.577. The third-order valence-corrected chi connectivity index (χ3v) is 5.87. The molecule has 1 N–H and O–H groups in total.